The summed E-state index contributed by atoms with van der Waals surface area (Å²) in [5.41, 5.74) is 0.0805. The number of benzene rings is 1. The lowest BCUT2D eigenvalue weighted by molar-refractivity contribution is 0.0696. The van der Waals surface area contributed by atoms with E-state index >= 15 is 0 Å². The van der Waals surface area contributed by atoms with Crippen molar-refractivity contribution in [2.24, 2.45) is 0 Å². The fourth-order valence-corrected chi connectivity index (χ4v) is 1.33. The molecule has 0 spiro atoms. The number of carbonyl (C=O) groups is 2. The Bertz CT molecular complexity index is 520. The van der Waals surface area contributed by atoms with Crippen LogP contribution in [0, 0.1) is 12.3 Å². The fourth-order valence-electron chi connectivity index (χ4n) is 1.33. The Hall–Kier alpha value is -2.68. The van der Waals surface area contributed by atoms with Gasteiger partial charge in [-0.1, -0.05) is 0 Å². The third-order valence-electron chi connectivity index (χ3n) is 2.28. The Morgan fingerprint density at radius 2 is 2.11 bits per heavy atom. The molecular weight excluding hydrogens is 248 g/mol. The molecule has 0 aliphatic heterocycles. The number of rotatable bonds is 5. The van der Waals surface area contributed by atoms with Crippen molar-refractivity contribution in [3.05, 3.63) is 23.8 Å². The Labute approximate surface area is 110 Å². The van der Waals surface area contributed by atoms with Crippen molar-refractivity contribution < 1.29 is 19.8 Å². The second kappa shape index (κ2) is 6.91. The summed E-state index contributed by atoms with van der Waals surface area (Å²) >= 11 is 0. The van der Waals surface area contributed by atoms with Crippen molar-refractivity contribution in [3.63, 3.8) is 0 Å². The van der Waals surface area contributed by atoms with Crippen LogP contribution in [0.15, 0.2) is 18.2 Å². The molecule has 0 saturated carbocycles. The van der Waals surface area contributed by atoms with E-state index in [2.05, 4.69) is 16.6 Å². The predicted molar refractivity (Wildman–Crippen MR) is 70.2 cm³/mol. The summed E-state index contributed by atoms with van der Waals surface area (Å²) in [6.07, 6.45) is 6.30. The number of carbonyl (C=O) groups excluding carboxylic acids is 1. The van der Waals surface area contributed by atoms with Gasteiger partial charge >= 0.3 is 12.0 Å². The molecule has 1 rings (SSSR count). The van der Waals surface area contributed by atoms with Crippen LogP contribution in [0.3, 0.4) is 0 Å². The topological polar surface area (TPSA) is 98.7 Å². The van der Waals surface area contributed by atoms with E-state index in [1.807, 2.05) is 0 Å². The van der Waals surface area contributed by atoms with Gasteiger partial charge in [-0.25, -0.2) is 9.59 Å². The molecule has 0 saturated heterocycles. The molecule has 0 heterocycles. The van der Waals surface area contributed by atoms with Gasteiger partial charge in [0, 0.05) is 13.0 Å². The molecule has 0 aliphatic carbocycles. The van der Waals surface area contributed by atoms with Crippen molar-refractivity contribution in [3.8, 4) is 18.1 Å². The number of amides is 2. The second-order valence-electron chi connectivity index (χ2n) is 3.73. The average Bonchev–Trinajstić information content (AvgIpc) is 2.37. The number of anilines is 1. The summed E-state index contributed by atoms with van der Waals surface area (Å²) in [5.74, 6) is 0.991. The molecule has 0 aliphatic rings. The van der Waals surface area contributed by atoms with Gasteiger partial charge in [-0.3, -0.25) is 0 Å². The van der Waals surface area contributed by atoms with Crippen LogP contribution in [0.2, 0.25) is 0 Å². The lowest BCUT2D eigenvalue weighted by atomic mass is 10.2. The molecule has 0 radical (unpaired) electrons. The van der Waals surface area contributed by atoms with Crippen LogP contribution < -0.4 is 10.6 Å². The summed E-state index contributed by atoms with van der Waals surface area (Å²) in [6, 6.07) is 3.18. The monoisotopic (exact) mass is 262 g/mol. The smallest absolute Gasteiger partial charge is 0.335 e. The zero-order valence-corrected chi connectivity index (χ0v) is 10.1. The van der Waals surface area contributed by atoms with E-state index in [4.69, 9.17) is 11.5 Å². The van der Waals surface area contributed by atoms with Crippen molar-refractivity contribution in [2.45, 2.75) is 12.8 Å². The van der Waals surface area contributed by atoms with Gasteiger partial charge in [0.1, 0.15) is 5.75 Å². The molecule has 1 aromatic carbocycles. The van der Waals surface area contributed by atoms with Gasteiger partial charge in [-0.05, 0) is 24.6 Å². The maximum absolute atomic E-state index is 11.4. The third kappa shape index (κ3) is 4.60. The van der Waals surface area contributed by atoms with Gasteiger partial charge in [0.15, 0.2) is 0 Å². The van der Waals surface area contributed by atoms with Crippen LogP contribution in [0.4, 0.5) is 10.5 Å². The van der Waals surface area contributed by atoms with Gasteiger partial charge in [-0.2, -0.15) is 0 Å². The molecular formula is C13H14N2O4. The zero-order chi connectivity index (χ0) is 14.3. The molecule has 2 amide bonds. The van der Waals surface area contributed by atoms with Crippen LogP contribution in [-0.2, 0) is 0 Å². The lowest BCUT2D eigenvalue weighted by Crippen LogP contribution is -2.29. The first kappa shape index (κ1) is 14.4. The molecule has 4 N–H and O–H groups in total. The van der Waals surface area contributed by atoms with Crippen molar-refractivity contribution in [1.82, 2.24) is 5.32 Å². The average molecular weight is 262 g/mol. The van der Waals surface area contributed by atoms with Gasteiger partial charge < -0.3 is 20.8 Å². The molecule has 0 atom stereocenters. The number of terminal acetylenes is 1. The molecule has 0 fully saturated rings. The molecule has 6 nitrogen and oxygen atoms in total. The predicted octanol–water partition coefficient (Wildman–Crippen LogP) is 1.63. The Morgan fingerprint density at radius 3 is 2.68 bits per heavy atom. The number of aromatic carboxylic acids is 1. The number of phenols is 1. The van der Waals surface area contributed by atoms with Crippen LogP contribution in [-0.4, -0.2) is 28.8 Å². The molecule has 0 bridgehead atoms. The van der Waals surface area contributed by atoms with E-state index in [9.17, 15) is 14.7 Å². The summed E-state index contributed by atoms with van der Waals surface area (Å²) < 4.78 is 0. The van der Waals surface area contributed by atoms with Crippen LogP contribution >= 0.6 is 0 Å². The van der Waals surface area contributed by atoms with Crippen molar-refractivity contribution in [2.75, 3.05) is 11.9 Å². The van der Waals surface area contributed by atoms with E-state index in [1.54, 1.807) is 0 Å². The molecule has 0 unspecified atom stereocenters. The van der Waals surface area contributed by atoms with Crippen LogP contribution in [0.1, 0.15) is 23.2 Å². The normalized spacial score (nSPS) is 9.42. The minimum atomic E-state index is -1.15. The number of hydrogen-bond donors (Lipinski definition) is 4. The number of urea groups is 1. The first-order valence-corrected chi connectivity index (χ1v) is 5.59. The number of hydrogen-bond acceptors (Lipinski definition) is 3. The van der Waals surface area contributed by atoms with Gasteiger partial charge in [-0.15, -0.1) is 12.3 Å². The van der Waals surface area contributed by atoms with E-state index in [0.29, 0.717) is 19.4 Å². The Morgan fingerprint density at radius 1 is 1.37 bits per heavy atom. The van der Waals surface area contributed by atoms with Gasteiger partial charge in [0.05, 0.1) is 11.3 Å². The fraction of sp³-hybridized carbons (Fsp3) is 0.231. The van der Waals surface area contributed by atoms with E-state index in [1.165, 1.54) is 12.1 Å². The Balaban J connectivity index is 2.55. The highest BCUT2D eigenvalue weighted by atomic mass is 16.4. The number of nitrogens with one attached hydrogen (secondary N) is 2. The van der Waals surface area contributed by atoms with Gasteiger partial charge in [0.25, 0.3) is 0 Å². The zero-order valence-electron chi connectivity index (χ0n) is 10.1. The number of phenolic OH excluding ortho intramolecular Hbond substituents is 1. The summed E-state index contributed by atoms with van der Waals surface area (Å²) in [7, 11) is 0. The summed E-state index contributed by atoms with van der Waals surface area (Å²) in [4.78, 5) is 22.1. The van der Waals surface area contributed by atoms with Crippen LogP contribution in [0.5, 0.6) is 5.75 Å². The molecule has 1 aromatic rings. The standard InChI is InChI=1S/C13H14N2O4/c1-2-3-4-7-14-13(19)15-10-6-5-9(12(17)18)8-11(10)16/h1,5-6,8,16H,3-4,7H2,(H,17,18)(H2,14,15,19). The highest BCUT2D eigenvalue weighted by molar-refractivity contribution is 5.93. The number of carboxylic acid groups (broad SMARTS) is 1. The van der Waals surface area contributed by atoms with Crippen molar-refractivity contribution >= 4 is 17.7 Å². The first-order chi connectivity index (χ1) is 9.04. The first-order valence-electron chi connectivity index (χ1n) is 5.59. The lowest BCUT2D eigenvalue weighted by Gasteiger charge is -2.09. The summed E-state index contributed by atoms with van der Waals surface area (Å²) in [5, 5.41) is 23.3. The Kier molecular flexibility index (Phi) is 5.23. The van der Waals surface area contributed by atoms with Gasteiger partial charge in [0.2, 0.25) is 0 Å². The third-order valence-corrected chi connectivity index (χ3v) is 2.28. The number of aromatic hydroxyl groups is 1. The maximum atomic E-state index is 11.4. The van der Waals surface area contributed by atoms with Crippen LogP contribution in [0.25, 0.3) is 0 Å². The summed E-state index contributed by atoms with van der Waals surface area (Å²) in [6.45, 7) is 0.421. The number of unbranched alkanes of at least 4 members (excludes halogenated alkanes) is 1. The minimum Gasteiger partial charge on any atom is -0.506 e. The molecule has 100 valence electrons. The van der Waals surface area contributed by atoms with E-state index in [0.717, 1.165) is 6.07 Å². The molecule has 6 heteroatoms. The quantitative estimate of drug-likeness (QED) is 0.368. The highest BCUT2D eigenvalue weighted by Crippen LogP contribution is 2.24. The maximum Gasteiger partial charge on any atom is 0.335 e. The molecule has 0 aromatic heterocycles. The largest absolute Gasteiger partial charge is 0.506 e. The van der Waals surface area contributed by atoms with E-state index in [-0.39, 0.29) is 17.0 Å². The minimum absolute atomic E-state index is 0.0579. The molecule has 19 heavy (non-hydrogen) atoms. The van der Waals surface area contributed by atoms with E-state index < -0.39 is 12.0 Å². The second-order valence-corrected chi connectivity index (χ2v) is 3.73. The number of carboxylic acids is 1. The van der Waals surface area contributed by atoms with Crippen molar-refractivity contribution in [1.29, 1.82) is 0 Å². The highest BCUT2D eigenvalue weighted by Gasteiger charge is 2.09. The SMILES string of the molecule is C#CCCCNC(=O)Nc1ccc(C(=O)O)cc1O.